The third-order valence-corrected chi connectivity index (χ3v) is 4.37. The van der Waals surface area contributed by atoms with Gasteiger partial charge in [0.1, 0.15) is 0 Å². The summed E-state index contributed by atoms with van der Waals surface area (Å²) in [5.41, 5.74) is 0. The second-order valence-electron chi connectivity index (χ2n) is 6.95. The van der Waals surface area contributed by atoms with Crippen molar-refractivity contribution in [3.05, 3.63) is 0 Å². The summed E-state index contributed by atoms with van der Waals surface area (Å²) < 4.78 is 0. The maximum absolute atomic E-state index is 4.45. The third kappa shape index (κ3) is 7.49. The van der Waals surface area contributed by atoms with Gasteiger partial charge in [-0.05, 0) is 52.9 Å². The first kappa shape index (κ1) is 22.0. The molecule has 0 radical (unpaired) electrons. The molecule has 1 saturated heterocycles. The van der Waals surface area contributed by atoms with Crippen LogP contribution in [0.4, 0.5) is 0 Å². The van der Waals surface area contributed by atoms with Gasteiger partial charge in [0.2, 0.25) is 0 Å². The highest BCUT2D eigenvalue weighted by atomic mass is 127. The lowest BCUT2D eigenvalue weighted by molar-refractivity contribution is 0.173. The van der Waals surface area contributed by atoms with Crippen molar-refractivity contribution >= 4 is 29.9 Å². The number of aliphatic imine (C=N–C) groups is 1. The van der Waals surface area contributed by atoms with Crippen molar-refractivity contribution in [2.24, 2.45) is 10.9 Å². The van der Waals surface area contributed by atoms with Gasteiger partial charge in [0.25, 0.3) is 0 Å². The maximum Gasteiger partial charge on any atom is 0.193 e. The number of hydrogen-bond acceptors (Lipinski definition) is 2. The van der Waals surface area contributed by atoms with Crippen LogP contribution in [-0.2, 0) is 0 Å². The zero-order valence-electron chi connectivity index (χ0n) is 15.4. The molecule has 1 heterocycles. The molecule has 0 amide bonds. The molecule has 1 aliphatic rings. The molecule has 1 atom stereocenters. The molecule has 0 aromatic heterocycles. The van der Waals surface area contributed by atoms with E-state index >= 15 is 0 Å². The Bertz CT molecular complexity index is 310. The van der Waals surface area contributed by atoms with Crippen LogP contribution in [0.5, 0.6) is 0 Å². The summed E-state index contributed by atoms with van der Waals surface area (Å²) in [6.45, 7) is 15.9. The monoisotopic (exact) mass is 424 g/mol. The summed E-state index contributed by atoms with van der Waals surface area (Å²) in [5, 5.41) is 3.54. The van der Waals surface area contributed by atoms with Gasteiger partial charge in [0, 0.05) is 45.3 Å². The lowest BCUT2D eigenvalue weighted by Gasteiger charge is -2.34. The van der Waals surface area contributed by atoms with Gasteiger partial charge in [-0.2, -0.15) is 0 Å². The molecule has 22 heavy (non-hydrogen) atoms. The van der Waals surface area contributed by atoms with Crippen molar-refractivity contribution < 1.29 is 0 Å². The van der Waals surface area contributed by atoms with Crippen molar-refractivity contribution in [3.63, 3.8) is 0 Å². The van der Waals surface area contributed by atoms with Crippen LogP contribution in [-0.4, -0.2) is 61.1 Å². The van der Waals surface area contributed by atoms with Gasteiger partial charge < -0.3 is 10.2 Å². The van der Waals surface area contributed by atoms with Crippen LogP contribution >= 0.6 is 24.0 Å². The van der Waals surface area contributed by atoms with Crippen LogP contribution in [0.15, 0.2) is 4.99 Å². The molecule has 0 saturated carbocycles. The van der Waals surface area contributed by atoms with Crippen LogP contribution < -0.4 is 5.32 Å². The minimum atomic E-state index is 0. The van der Waals surface area contributed by atoms with Crippen LogP contribution in [0.25, 0.3) is 0 Å². The second-order valence-corrected chi connectivity index (χ2v) is 6.95. The standard InChI is InChI=1S/C17H36N4.HI/c1-14(2)21(15(3)4)12-8-10-19-17(18-6)20-11-7-9-16(5)13-20;/h14-16H,7-13H2,1-6H3,(H,18,19);1H. The Labute approximate surface area is 155 Å². The first-order valence-corrected chi connectivity index (χ1v) is 8.67. The number of piperidine rings is 1. The van der Waals surface area contributed by atoms with Crippen LogP contribution in [0.1, 0.15) is 53.9 Å². The number of hydrogen-bond donors (Lipinski definition) is 1. The molecule has 1 rings (SSSR count). The molecule has 0 aromatic rings. The Morgan fingerprint density at radius 2 is 1.91 bits per heavy atom. The fourth-order valence-electron chi connectivity index (χ4n) is 3.29. The normalized spacial score (nSPS) is 19.8. The van der Waals surface area contributed by atoms with Crippen molar-refractivity contribution in [1.82, 2.24) is 15.1 Å². The molecule has 1 N–H and O–H groups in total. The minimum Gasteiger partial charge on any atom is -0.356 e. The van der Waals surface area contributed by atoms with Crippen LogP contribution in [0.3, 0.4) is 0 Å². The Morgan fingerprint density at radius 3 is 2.41 bits per heavy atom. The van der Waals surface area contributed by atoms with Crippen LogP contribution in [0.2, 0.25) is 0 Å². The Hall–Kier alpha value is -0.0400. The lowest BCUT2D eigenvalue weighted by Crippen LogP contribution is -2.47. The Kier molecular flexibility index (Phi) is 11.5. The molecule has 1 unspecified atom stereocenters. The average molecular weight is 424 g/mol. The summed E-state index contributed by atoms with van der Waals surface area (Å²) >= 11 is 0. The number of nitrogens with one attached hydrogen (secondary N) is 1. The topological polar surface area (TPSA) is 30.9 Å². The van der Waals surface area contributed by atoms with Crippen molar-refractivity contribution in [1.29, 1.82) is 0 Å². The van der Waals surface area contributed by atoms with E-state index in [9.17, 15) is 0 Å². The van der Waals surface area contributed by atoms with E-state index in [0.29, 0.717) is 12.1 Å². The van der Waals surface area contributed by atoms with E-state index in [-0.39, 0.29) is 24.0 Å². The van der Waals surface area contributed by atoms with Crippen molar-refractivity contribution in [2.75, 3.05) is 33.2 Å². The van der Waals surface area contributed by atoms with Gasteiger partial charge in [-0.1, -0.05) is 6.92 Å². The summed E-state index contributed by atoms with van der Waals surface area (Å²) in [6.07, 6.45) is 3.81. The van der Waals surface area contributed by atoms with E-state index in [1.165, 1.54) is 19.3 Å². The van der Waals surface area contributed by atoms with E-state index in [1.54, 1.807) is 0 Å². The molecular formula is C17H37IN4. The number of likely N-dealkylation sites (tertiary alicyclic amines) is 1. The zero-order chi connectivity index (χ0) is 15.8. The van der Waals surface area contributed by atoms with Gasteiger partial charge >= 0.3 is 0 Å². The average Bonchev–Trinajstić information content (AvgIpc) is 2.42. The fourth-order valence-corrected chi connectivity index (χ4v) is 3.29. The molecule has 5 heteroatoms. The SMILES string of the molecule is CN=C(NCCCN(C(C)C)C(C)C)N1CCCC(C)C1.I. The Morgan fingerprint density at radius 1 is 1.27 bits per heavy atom. The van der Waals surface area contributed by atoms with Gasteiger partial charge in [0.05, 0.1) is 0 Å². The molecule has 1 aliphatic heterocycles. The summed E-state index contributed by atoms with van der Waals surface area (Å²) in [7, 11) is 1.90. The molecule has 4 nitrogen and oxygen atoms in total. The second kappa shape index (κ2) is 11.5. The molecular weight excluding hydrogens is 387 g/mol. The summed E-state index contributed by atoms with van der Waals surface area (Å²) in [6, 6.07) is 1.24. The Balaban J connectivity index is 0.00000441. The van der Waals surface area contributed by atoms with E-state index < -0.39 is 0 Å². The number of guanidine groups is 1. The van der Waals surface area contributed by atoms with E-state index in [2.05, 4.69) is 54.7 Å². The first-order chi connectivity index (χ1) is 9.95. The maximum atomic E-state index is 4.45. The van der Waals surface area contributed by atoms with E-state index in [4.69, 9.17) is 0 Å². The van der Waals surface area contributed by atoms with E-state index in [0.717, 1.165) is 38.1 Å². The van der Waals surface area contributed by atoms with Gasteiger partial charge in [-0.3, -0.25) is 9.89 Å². The van der Waals surface area contributed by atoms with E-state index in [1.807, 2.05) is 7.05 Å². The summed E-state index contributed by atoms with van der Waals surface area (Å²) in [4.78, 5) is 9.41. The summed E-state index contributed by atoms with van der Waals surface area (Å²) in [5.74, 6) is 1.87. The van der Waals surface area contributed by atoms with Gasteiger partial charge in [-0.15, -0.1) is 24.0 Å². The third-order valence-electron chi connectivity index (χ3n) is 4.37. The number of rotatable bonds is 6. The van der Waals surface area contributed by atoms with Crippen molar-refractivity contribution in [2.45, 2.75) is 66.0 Å². The number of halogens is 1. The smallest absolute Gasteiger partial charge is 0.193 e. The molecule has 132 valence electrons. The molecule has 0 spiro atoms. The number of nitrogens with zero attached hydrogens (tertiary/aromatic N) is 3. The lowest BCUT2D eigenvalue weighted by atomic mass is 10.0. The quantitative estimate of drug-likeness (QED) is 0.307. The minimum absolute atomic E-state index is 0. The molecule has 1 fully saturated rings. The highest BCUT2D eigenvalue weighted by molar-refractivity contribution is 14.0. The van der Waals surface area contributed by atoms with Gasteiger partial charge in [0.15, 0.2) is 5.96 Å². The van der Waals surface area contributed by atoms with Crippen molar-refractivity contribution in [3.8, 4) is 0 Å². The molecule has 0 aromatic carbocycles. The highest BCUT2D eigenvalue weighted by Crippen LogP contribution is 2.15. The van der Waals surface area contributed by atoms with Gasteiger partial charge in [-0.25, -0.2) is 0 Å². The molecule has 0 aliphatic carbocycles. The first-order valence-electron chi connectivity index (χ1n) is 8.67. The molecule has 0 bridgehead atoms. The predicted octanol–water partition coefficient (Wildman–Crippen LogP) is 3.42. The van der Waals surface area contributed by atoms with Crippen LogP contribution in [0, 0.1) is 5.92 Å². The fraction of sp³-hybridized carbons (Fsp3) is 0.941. The zero-order valence-corrected chi connectivity index (χ0v) is 17.8. The largest absolute Gasteiger partial charge is 0.356 e. The predicted molar refractivity (Wildman–Crippen MR) is 108 cm³/mol. The highest BCUT2D eigenvalue weighted by Gasteiger charge is 2.19.